The molecule has 1 saturated heterocycles. The quantitative estimate of drug-likeness (QED) is 0.454. The van der Waals surface area contributed by atoms with E-state index in [-0.39, 0.29) is 17.2 Å². The van der Waals surface area contributed by atoms with Gasteiger partial charge in [0, 0.05) is 24.7 Å². The summed E-state index contributed by atoms with van der Waals surface area (Å²) < 4.78 is 4.73. The topological polar surface area (TPSA) is 102 Å². The third-order valence-corrected chi connectivity index (χ3v) is 4.38. The minimum atomic E-state index is -0.787. The molecule has 8 nitrogen and oxygen atoms in total. The standard InChI is InChI=1S/C18H25N3O5/c1-12(2)10-14(18(23)26-3)19-17(22)13-6-7-15(16(11-13)21(24)25)20-8-4-5-9-20/h6-7,11-12,14H,4-5,8-10H2,1-3H3,(H,19,22). The van der Waals surface area contributed by atoms with Crippen molar-refractivity contribution in [2.24, 2.45) is 5.92 Å². The second kappa shape index (κ2) is 8.64. The van der Waals surface area contributed by atoms with Crippen LogP contribution in [0.5, 0.6) is 0 Å². The number of anilines is 1. The van der Waals surface area contributed by atoms with Gasteiger partial charge in [0.15, 0.2) is 0 Å². The van der Waals surface area contributed by atoms with Gasteiger partial charge in [-0.15, -0.1) is 0 Å². The summed E-state index contributed by atoms with van der Waals surface area (Å²) in [5.41, 5.74) is 0.575. The average Bonchev–Trinajstić information content (AvgIpc) is 3.13. The summed E-state index contributed by atoms with van der Waals surface area (Å²) in [4.78, 5) is 37.3. The van der Waals surface area contributed by atoms with Crippen molar-refractivity contribution in [2.45, 2.75) is 39.2 Å². The molecular formula is C18H25N3O5. The highest BCUT2D eigenvalue weighted by molar-refractivity contribution is 5.98. The Morgan fingerprint density at radius 2 is 1.96 bits per heavy atom. The van der Waals surface area contributed by atoms with Crippen LogP contribution in [-0.2, 0) is 9.53 Å². The van der Waals surface area contributed by atoms with Gasteiger partial charge in [-0.1, -0.05) is 13.8 Å². The number of esters is 1. The predicted molar refractivity (Wildman–Crippen MR) is 97.3 cm³/mol. The van der Waals surface area contributed by atoms with Gasteiger partial charge in [0.25, 0.3) is 11.6 Å². The number of carbonyl (C=O) groups excluding carboxylic acids is 2. The number of amides is 1. The van der Waals surface area contributed by atoms with Crippen molar-refractivity contribution in [2.75, 3.05) is 25.1 Å². The van der Waals surface area contributed by atoms with Crippen molar-refractivity contribution < 1.29 is 19.2 Å². The van der Waals surface area contributed by atoms with Gasteiger partial charge < -0.3 is 15.0 Å². The Kier molecular flexibility index (Phi) is 6.54. The summed E-state index contributed by atoms with van der Waals surface area (Å²) in [6.07, 6.45) is 2.41. The maximum atomic E-state index is 12.5. The molecule has 1 heterocycles. The first-order valence-corrected chi connectivity index (χ1v) is 8.75. The summed E-state index contributed by atoms with van der Waals surface area (Å²) in [5, 5.41) is 14.1. The Bertz CT molecular complexity index is 683. The minimum Gasteiger partial charge on any atom is -0.467 e. The van der Waals surface area contributed by atoms with Crippen LogP contribution in [0.25, 0.3) is 0 Å². The number of benzene rings is 1. The highest BCUT2D eigenvalue weighted by atomic mass is 16.6. The highest BCUT2D eigenvalue weighted by Gasteiger charge is 2.26. The first-order valence-electron chi connectivity index (χ1n) is 8.75. The van der Waals surface area contributed by atoms with E-state index in [1.165, 1.54) is 13.2 Å². The molecule has 0 saturated carbocycles. The second-order valence-electron chi connectivity index (χ2n) is 6.83. The number of ether oxygens (including phenoxy) is 1. The van der Waals surface area contributed by atoms with Crippen LogP contribution in [0.1, 0.15) is 43.5 Å². The van der Waals surface area contributed by atoms with Crippen LogP contribution in [0.2, 0.25) is 0 Å². The molecule has 1 fully saturated rings. The molecule has 1 N–H and O–H groups in total. The number of nitro benzene ring substituents is 1. The molecule has 1 aromatic carbocycles. The fourth-order valence-corrected chi connectivity index (χ4v) is 3.11. The fraction of sp³-hybridized carbons (Fsp3) is 0.556. The van der Waals surface area contributed by atoms with E-state index in [1.54, 1.807) is 12.1 Å². The van der Waals surface area contributed by atoms with Crippen LogP contribution < -0.4 is 10.2 Å². The van der Waals surface area contributed by atoms with Crippen molar-refractivity contribution in [3.05, 3.63) is 33.9 Å². The first kappa shape index (κ1) is 19.7. The molecule has 26 heavy (non-hydrogen) atoms. The number of methoxy groups -OCH3 is 1. The van der Waals surface area contributed by atoms with E-state index >= 15 is 0 Å². The van der Waals surface area contributed by atoms with Gasteiger partial charge in [-0.05, 0) is 37.3 Å². The van der Waals surface area contributed by atoms with Gasteiger partial charge in [-0.3, -0.25) is 14.9 Å². The van der Waals surface area contributed by atoms with E-state index in [1.807, 2.05) is 18.7 Å². The monoisotopic (exact) mass is 363 g/mol. The van der Waals surface area contributed by atoms with Gasteiger partial charge >= 0.3 is 5.97 Å². The minimum absolute atomic E-state index is 0.0990. The highest BCUT2D eigenvalue weighted by Crippen LogP contribution is 2.31. The number of rotatable bonds is 7. The number of hydrogen-bond donors (Lipinski definition) is 1. The lowest BCUT2D eigenvalue weighted by atomic mass is 10.0. The number of nitrogens with zero attached hydrogens (tertiary/aromatic N) is 2. The molecule has 0 radical (unpaired) electrons. The molecule has 8 heteroatoms. The second-order valence-corrected chi connectivity index (χ2v) is 6.83. The van der Waals surface area contributed by atoms with E-state index in [0.29, 0.717) is 12.1 Å². The van der Waals surface area contributed by atoms with E-state index in [4.69, 9.17) is 4.74 Å². The molecule has 142 valence electrons. The van der Waals surface area contributed by atoms with Gasteiger partial charge in [0.2, 0.25) is 0 Å². The van der Waals surface area contributed by atoms with E-state index in [2.05, 4.69) is 5.32 Å². The van der Waals surface area contributed by atoms with Crippen molar-refractivity contribution in [3.63, 3.8) is 0 Å². The summed E-state index contributed by atoms with van der Waals surface area (Å²) in [7, 11) is 1.26. The molecule has 1 aliphatic heterocycles. The maximum Gasteiger partial charge on any atom is 0.328 e. The molecule has 0 aromatic heterocycles. The smallest absolute Gasteiger partial charge is 0.328 e. The average molecular weight is 363 g/mol. The van der Waals surface area contributed by atoms with E-state index in [9.17, 15) is 19.7 Å². The Labute approximate surface area is 152 Å². The zero-order valence-electron chi connectivity index (χ0n) is 15.4. The van der Waals surface area contributed by atoms with Crippen molar-refractivity contribution in [1.82, 2.24) is 5.32 Å². The van der Waals surface area contributed by atoms with Crippen LogP contribution in [0.4, 0.5) is 11.4 Å². The predicted octanol–water partition coefficient (Wildman–Crippen LogP) is 2.51. The van der Waals surface area contributed by atoms with Gasteiger partial charge in [-0.25, -0.2) is 4.79 Å². The summed E-state index contributed by atoms with van der Waals surface area (Å²) in [6.45, 7) is 5.39. The molecule has 0 aliphatic carbocycles. The normalized spacial score (nSPS) is 15.0. The van der Waals surface area contributed by atoms with Crippen molar-refractivity contribution >= 4 is 23.3 Å². The third-order valence-electron chi connectivity index (χ3n) is 4.38. The third kappa shape index (κ3) is 4.71. The fourth-order valence-electron chi connectivity index (χ4n) is 3.11. The zero-order valence-corrected chi connectivity index (χ0v) is 15.4. The lowest BCUT2D eigenvalue weighted by molar-refractivity contribution is -0.384. The largest absolute Gasteiger partial charge is 0.467 e. The maximum absolute atomic E-state index is 12.5. The molecule has 0 bridgehead atoms. The molecule has 0 spiro atoms. The number of hydrogen-bond acceptors (Lipinski definition) is 6. The molecule has 1 unspecified atom stereocenters. The molecule has 1 aliphatic rings. The van der Waals surface area contributed by atoms with Gasteiger partial charge in [0.05, 0.1) is 12.0 Å². The first-order chi connectivity index (χ1) is 12.3. The number of carbonyl (C=O) groups is 2. The Balaban J connectivity index is 2.23. The van der Waals surface area contributed by atoms with Crippen LogP contribution in [0, 0.1) is 16.0 Å². The van der Waals surface area contributed by atoms with Crippen molar-refractivity contribution in [3.8, 4) is 0 Å². The molecular weight excluding hydrogens is 338 g/mol. The Morgan fingerprint density at radius 3 is 2.50 bits per heavy atom. The van der Waals surface area contributed by atoms with Gasteiger partial charge in [0.1, 0.15) is 11.7 Å². The molecule has 1 atom stereocenters. The SMILES string of the molecule is COC(=O)C(CC(C)C)NC(=O)c1ccc(N2CCCC2)c([N+](=O)[O-])c1. The Morgan fingerprint density at radius 1 is 1.31 bits per heavy atom. The van der Waals surface area contributed by atoms with Gasteiger partial charge in [-0.2, -0.15) is 0 Å². The number of nitro groups is 1. The summed E-state index contributed by atoms with van der Waals surface area (Å²) in [5.74, 6) is -0.890. The Hall–Kier alpha value is -2.64. The lowest BCUT2D eigenvalue weighted by Crippen LogP contribution is -2.42. The van der Waals surface area contributed by atoms with E-state index in [0.717, 1.165) is 25.9 Å². The van der Waals surface area contributed by atoms with Crippen LogP contribution in [-0.4, -0.2) is 43.0 Å². The van der Waals surface area contributed by atoms with E-state index < -0.39 is 22.8 Å². The lowest BCUT2D eigenvalue weighted by Gasteiger charge is -2.20. The van der Waals surface area contributed by atoms with Crippen LogP contribution in [0.15, 0.2) is 18.2 Å². The molecule has 1 amide bonds. The number of nitrogens with one attached hydrogen (secondary N) is 1. The van der Waals surface area contributed by atoms with Crippen LogP contribution >= 0.6 is 0 Å². The van der Waals surface area contributed by atoms with Crippen LogP contribution in [0.3, 0.4) is 0 Å². The molecule has 2 rings (SSSR count). The van der Waals surface area contributed by atoms with Crippen molar-refractivity contribution in [1.29, 1.82) is 0 Å². The molecule has 1 aromatic rings. The summed E-state index contributed by atoms with van der Waals surface area (Å²) >= 11 is 0. The summed E-state index contributed by atoms with van der Waals surface area (Å²) in [6, 6.07) is 3.64. The zero-order chi connectivity index (χ0) is 19.3.